The molecule has 0 fully saturated rings. The maximum atomic E-state index is 5.89. The fourth-order valence-electron chi connectivity index (χ4n) is 2.01. The van der Waals surface area contributed by atoms with E-state index in [9.17, 15) is 0 Å². The molecular weight excluding hydrogens is 260 g/mol. The standard InChI is InChI=1S/C14H21ClN4/c1-14(2,18(3)4)10-19-12-6-8-16-9-11(12)17-13(19)5-7-15/h6,8-9H,5,7,10H2,1-4H3. The molecule has 0 bridgehead atoms. The highest BCUT2D eigenvalue weighted by molar-refractivity contribution is 6.17. The molecule has 0 saturated carbocycles. The number of fused-ring (bicyclic) bond motifs is 1. The Balaban J connectivity index is 2.47. The van der Waals surface area contributed by atoms with Crippen molar-refractivity contribution in [1.29, 1.82) is 0 Å². The Labute approximate surface area is 119 Å². The van der Waals surface area contributed by atoms with Gasteiger partial charge in [0.1, 0.15) is 11.3 Å². The number of halogens is 1. The fourth-order valence-corrected chi connectivity index (χ4v) is 2.18. The zero-order valence-electron chi connectivity index (χ0n) is 12.0. The molecule has 4 nitrogen and oxygen atoms in total. The Morgan fingerprint density at radius 1 is 1.37 bits per heavy atom. The quantitative estimate of drug-likeness (QED) is 0.790. The first-order chi connectivity index (χ1) is 8.95. The Bertz CT molecular complexity index is 560. The van der Waals surface area contributed by atoms with Crippen molar-refractivity contribution >= 4 is 22.6 Å². The van der Waals surface area contributed by atoms with Crippen molar-refractivity contribution in [1.82, 2.24) is 19.4 Å². The van der Waals surface area contributed by atoms with Gasteiger partial charge >= 0.3 is 0 Å². The first-order valence-corrected chi connectivity index (χ1v) is 7.01. The molecule has 0 radical (unpaired) electrons. The lowest BCUT2D eigenvalue weighted by Gasteiger charge is -2.33. The second-order valence-electron chi connectivity index (χ2n) is 5.62. The van der Waals surface area contributed by atoms with Gasteiger partial charge in [-0.2, -0.15) is 0 Å². The second kappa shape index (κ2) is 5.47. The summed E-state index contributed by atoms with van der Waals surface area (Å²) in [6, 6.07) is 2.02. The summed E-state index contributed by atoms with van der Waals surface area (Å²) in [6.45, 7) is 5.34. The summed E-state index contributed by atoms with van der Waals surface area (Å²) in [5.74, 6) is 1.62. The lowest BCUT2D eigenvalue weighted by molar-refractivity contribution is 0.170. The van der Waals surface area contributed by atoms with Crippen LogP contribution in [0, 0.1) is 0 Å². The fraction of sp³-hybridized carbons (Fsp3) is 0.571. The van der Waals surface area contributed by atoms with Gasteiger partial charge in [0.25, 0.3) is 0 Å². The van der Waals surface area contributed by atoms with Gasteiger partial charge in [0.15, 0.2) is 0 Å². The van der Waals surface area contributed by atoms with Crippen molar-refractivity contribution in [3.8, 4) is 0 Å². The Morgan fingerprint density at radius 3 is 2.74 bits per heavy atom. The molecule has 0 amide bonds. The lowest BCUT2D eigenvalue weighted by Crippen LogP contribution is -2.42. The van der Waals surface area contributed by atoms with E-state index in [1.54, 1.807) is 0 Å². The maximum absolute atomic E-state index is 5.89. The van der Waals surface area contributed by atoms with E-state index < -0.39 is 0 Å². The molecule has 0 N–H and O–H groups in total. The van der Waals surface area contributed by atoms with E-state index in [1.807, 2.05) is 18.5 Å². The molecule has 0 spiro atoms. The van der Waals surface area contributed by atoms with Crippen LogP contribution in [0.1, 0.15) is 19.7 Å². The van der Waals surface area contributed by atoms with Crippen LogP contribution < -0.4 is 0 Å². The van der Waals surface area contributed by atoms with Gasteiger partial charge in [0.2, 0.25) is 0 Å². The van der Waals surface area contributed by atoms with E-state index in [0.717, 1.165) is 29.8 Å². The molecule has 5 heteroatoms. The van der Waals surface area contributed by atoms with Crippen LogP contribution in [0.15, 0.2) is 18.5 Å². The summed E-state index contributed by atoms with van der Waals surface area (Å²) < 4.78 is 2.26. The van der Waals surface area contributed by atoms with Crippen LogP contribution in [0.5, 0.6) is 0 Å². The smallest absolute Gasteiger partial charge is 0.111 e. The van der Waals surface area contributed by atoms with Crippen molar-refractivity contribution in [3.63, 3.8) is 0 Å². The number of imidazole rings is 1. The number of likely N-dealkylation sites (N-methyl/N-ethyl adjacent to an activating group) is 1. The first-order valence-electron chi connectivity index (χ1n) is 6.48. The molecule has 0 aliphatic heterocycles. The molecule has 2 rings (SSSR count). The van der Waals surface area contributed by atoms with Gasteiger partial charge in [-0.15, -0.1) is 11.6 Å². The SMILES string of the molecule is CN(C)C(C)(C)Cn1c(CCCl)nc2cnccc21. The maximum Gasteiger partial charge on any atom is 0.111 e. The van der Waals surface area contributed by atoms with Crippen LogP contribution in [0.25, 0.3) is 11.0 Å². The molecule has 0 aromatic carbocycles. The van der Waals surface area contributed by atoms with Gasteiger partial charge in [-0.1, -0.05) is 0 Å². The summed E-state index contributed by atoms with van der Waals surface area (Å²) >= 11 is 5.89. The number of alkyl halides is 1. The summed E-state index contributed by atoms with van der Waals surface area (Å²) in [5.41, 5.74) is 2.13. The summed E-state index contributed by atoms with van der Waals surface area (Å²) in [7, 11) is 4.20. The van der Waals surface area contributed by atoms with Crippen LogP contribution in [-0.4, -0.2) is 44.9 Å². The molecule has 2 aromatic heterocycles. The zero-order valence-corrected chi connectivity index (χ0v) is 12.8. The van der Waals surface area contributed by atoms with E-state index in [2.05, 4.69) is 47.4 Å². The summed E-state index contributed by atoms with van der Waals surface area (Å²) in [6.07, 6.45) is 4.40. The second-order valence-corrected chi connectivity index (χ2v) is 6.00. The Morgan fingerprint density at radius 2 is 2.11 bits per heavy atom. The Hall–Kier alpha value is -1.13. The molecule has 2 heterocycles. The van der Waals surface area contributed by atoms with Crippen molar-refractivity contribution in [3.05, 3.63) is 24.3 Å². The van der Waals surface area contributed by atoms with Gasteiger partial charge in [-0.25, -0.2) is 4.98 Å². The third-order valence-electron chi connectivity index (χ3n) is 3.70. The van der Waals surface area contributed by atoms with Crippen molar-refractivity contribution < 1.29 is 0 Å². The van der Waals surface area contributed by atoms with Gasteiger partial charge < -0.3 is 9.47 Å². The van der Waals surface area contributed by atoms with E-state index in [0.29, 0.717) is 5.88 Å². The molecule has 0 unspecified atom stereocenters. The third kappa shape index (κ3) is 2.90. The Kier molecular flexibility index (Phi) is 4.11. The number of rotatable bonds is 5. The molecular formula is C14H21ClN4. The third-order valence-corrected chi connectivity index (χ3v) is 3.89. The number of nitrogens with zero attached hydrogens (tertiary/aromatic N) is 4. The monoisotopic (exact) mass is 280 g/mol. The lowest BCUT2D eigenvalue weighted by atomic mass is 10.0. The molecule has 104 valence electrons. The molecule has 19 heavy (non-hydrogen) atoms. The van der Waals surface area contributed by atoms with E-state index >= 15 is 0 Å². The van der Waals surface area contributed by atoms with Crippen LogP contribution in [0.2, 0.25) is 0 Å². The highest BCUT2D eigenvalue weighted by Gasteiger charge is 2.23. The molecule has 0 aliphatic carbocycles. The molecule has 2 aromatic rings. The topological polar surface area (TPSA) is 34.0 Å². The first kappa shape index (κ1) is 14.3. The minimum absolute atomic E-state index is 0.0535. The predicted octanol–water partition coefficient (Wildman–Crippen LogP) is 2.55. The number of hydrogen-bond donors (Lipinski definition) is 0. The zero-order chi connectivity index (χ0) is 14.0. The average Bonchev–Trinajstić information content (AvgIpc) is 2.68. The average molecular weight is 281 g/mol. The van der Waals surface area contributed by atoms with Gasteiger partial charge in [0.05, 0.1) is 11.7 Å². The largest absolute Gasteiger partial charge is 0.326 e. The summed E-state index contributed by atoms with van der Waals surface area (Å²) in [4.78, 5) is 11.0. The minimum Gasteiger partial charge on any atom is -0.326 e. The highest BCUT2D eigenvalue weighted by atomic mass is 35.5. The molecule has 0 aliphatic rings. The van der Waals surface area contributed by atoms with Gasteiger partial charge in [-0.3, -0.25) is 4.98 Å². The van der Waals surface area contributed by atoms with Crippen LogP contribution in [0.4, 0.5) is 0 Å². The van der Waals surface area contributed by atoms with Crippen LogP contribution >= 0.6 is 11.6 Å². The van der Waals surface area contributed by atoms with Gasteiger partial charge in [-0.05, 0) is 34.0 Å². The molecule has 0 saturated heterocycles. The number of aryl methyl sites for hydroxylation is 1. The normalized spacial score (nSPS) is 12.5. The molecule has 0 atom stereocenters. The van der Waals surface area contributed by atoms with Crippen LogP contribution in [0.3, 0.4) is 0 Å². The van der Waals surface area contributed by atoms with Crippen molar-refractivity contribution in [2.24, 2.45) is 0 Å². The number of hydrogen-bond acceptors (Lipinski definition) is 3. The summed E-state index contributed by atoms with van der Waals surface area (Å²) in [5, 5.41) is 0. The highest BCUT2D eigenvalue weighted by Crippen LogP contribution is 2.21. The predicted molar refractivity (Wildman–Crippen MR) is 79.7 cm³/mol. The van der Waals surface area contributed by atoms with E-state index in [1.165, 1.54) is 0 Å². The van der Waals surface area contributed by atoms with Crippen molar-refractivity contribution in [2.45, 2.75) is 32.4 Å². The van der Waals surface area contributed by atoms with Crippen LogP contribution in [-0.2, 0) is 13.0 Å². The number of aromatic nitrogens is 3. The number of pyridine rings is 1. The van der Waals surface area contributed by atoms with E-state index in [4.69, 9.17) is 11.6 Å². The van der Waals surface area contributed by atoms with Gasteiger partial charge in [0, 0.05) is 30.6 Å². The van der Waals surface area contributed by atoms with Crippen molar-refractivity contribution in [2.75, 3.05) is 20.0 Å². The minimum atomic E-state index is 0.0535. The van der Waals surface area contributed by atoms with E-state index in [-0.39, 0.29) is 5.54 Å².